The predicted molar refractivity (Wildman–Crippen MR) is 104 cm³/mol. The van der Waals surface area contributed by atoms with Gasteiger partial charge in [-0.05, 0) is 24.4 Å². The number of morpholine rings is 1. The smallest absolute Gasteiger partial charge is 0.244 e. The van der Waals surface area contributed by atoms with Gasteiger partial charge < -0.3 is 15.4 Å². The van der Waals surface area contributed by atoms with Gasteiger partial charge in [0.25, 0.3) is 0 Å². The van der Waals surface area contributed by atoms with Crippen LogP contribution in [0.1, 0.15) is 24.9 Å². The van der Waals surface area contributed by atoms with Crippen molar-refractivity contribution in [1.29, 1.82) is 0 Å². The van der Waals surface area contributed by atoms with E-state index < -0.39 is 6.04 Å². The number of rotatable bonds is 4. The van der Waals surface area contributed by atoms with Crippen LogP contribution < -0.4 is 5.73 Å². The molecule has 0 bridgehead atoms. The average molecular weight is 408 g/mol. The van der Waals surface area contributed by atoms with E-state index in [0.29, 0.717) is 51.5 Å². The number of hydrogen-bond acceptors (Lipinski definition) is 4. The summed E-state index contributed by atoms with van der Waals surface area (Å²) in [5.74, 6) is -0.359. The highest BCUT2D eigenvalue weighted by atomic mass is 35.5. The molecule has 2 aliphatic heterocycles. The first-order valence-corrected chi connectivity index (χ1v) is 8.59. The maximum atomic E-state index is 14.4. The van der Waals surface area contributed by atoms with Crippen LogP contribution in [0.5, 0.6) is 0 Å². The fourth-order valence-electron chi connectivity index (χ4n) is 3.57. The molecule has 5 nitrogen and oxygen atoms in total. The number of nitrogens with two attached hydrogens (primary N) is 1. The zero-order chi connectivity index (χ0) is 17.2. The molecule has 2 saturated heterocycles. The predicted octanol–water partition coefficient (Wildman–Crippen LogP) is 2.24. The van der Waals surface area contributed by atoms with Gasteiger partial charge in [-0.2, -0.15) is 0 Å². The molecule has 26 heavy (non-hydrogen) atoms. The number of benzene rings is 1. The summed E-state index contributed by atoms with van der Waals surface area (Å²) in [6, 6.07) is 5.99. The van der Waals surface area contributed by atoms with Crippen molar-refractivity contribution in [3.05, 3.63) is 35.6 Å². The molecule has 2 fully saturated rings. The number of amides is 1. The molecular formula is C18H28Cl2FN3O2. The third-order valence-corrected chi connectivity index (χ3v) is 5.21. The average Bonchev–Trinajstić information content (AvgIpc) is 3.01. The Morgan fingerprint density at radius 2 is 1.92 bits per heavy atom. The fraction of sp³-hybridized carbons (Fsp3) is 0.611. The largest absolute Gasteiger partial charge is 0.379 e. The molecular weight excluding hydrogens is 380 g/mol. The molecule has 0 spiro atoms. The summed E-state index contributed by atoms with van der Waals surface area (Å²) < 4.78 is 19.8. The van der Waals surface area contributed by atoms with E-state index in [9.17, 15) is 9.18 Å². The van der Waals surface area contributed by atoms with Crippen LogP contribution in [-0.2, 0) is 9.53 Å². The van der Waals surface area contributed by atoms with E-state index >= 15 is 0 Å². The molecule has 3 rings (SSSR count). The van der Waals surface area contributed by atoms with E-state index in [1.807, 2.05) is 9.80 Å². The zero-order valence-electron chi connectivity index (χ0n) is 15.0. The van der Waals surface area contributed by atoms with E-state index in [4.69, 9.17) is 10.5 Å². The summed E-state index contributed by atoms with van der Waals surface area (Å²) in [7, 11) is 0. The van der Waals surface area contributed by atoms with Gasteiger partial charge in [0.15, 0.2) is 0 Å². The standard InChI is InChI=1S/C18H26FN3O2.2ClH/c1-18(12-20)6-7-22(13-18)17(23)16(21-8-10-24-11-9-21)14-4-2-3-5-15(14)19;;/h2-5,16H,6-13,20H2,1H3;2*1H. The molecule has 0 saturated carbocycles. The summed E-state index contributed by atoms with van der Waals surface area (Å²) in [6.45, 7) is 6.38. The Balaban J connectivity index is 0.00000169. The molecule has 8 heteroatoms. The molecule has 0 aliphatic carbocycles. The van der Waals surface area contributed by atoms with Gasteiger partial charge in [0.2, 0.25) is 5.91 Å². The first kappa shape index (κ1) is 23.1. The van der Waals surface area contributed by atoms with Crippen LogP contribution in [0.25, 0.3) is 0 Å². The minimum Gasteiger partial charge on any atom is -0.379 e. The van der Waals surface area contributed by atoms with Gasteiger partial charge in [-0.25, -0.2) is 4.39 Å². The van der Waals surface area contributed by atoms with Crippen LogP contribution in [0.4, 0.5) is 4.39 Å². The van der Waals surface area contributed by atoms with Crippen LogP contribution in [0.2, 0.25) is 0 Å². The number of hydrogen-bond donors (Lipinski definition) is 1. The van der Waals surface area contributed by atoms with E-state index in [1.54, 1.807) is 18.2 Å². The Morgan fingerprint density at radius 3 is 2.50 bits per heavy atom. The minimum absolute atomic E-state index is 0. The topological polar surface area (TPSA) is 58.8 Å². The molecule has 0 radical (unpaired) electrons. The first-order valence-electron chi connectivity index (χ1n) is 8.59. The van der Waals surface area contributed by atoms with E-state index in [1.165, 1.54) is 6.07 Å². The molecule has 1 amide bonds. The Hall–Kier alpha value is -0.920. The van der Waals surface area contributed by atoms with Crippen molar-refractivity contribution in [1.82, 2.24) is 9.80 Å². The third kappa shape index (κ3) is 4.87. The van der Waals surface area contributed by atoms with Crippen LogP contribution in [0.15, 0.2) is 24.3 Å². The number of ether oxygens (including phenoxy) is 1. The molecule has 2 unspecified atom stereocenters. The molecule has 1 aromatic carbocycles. The van der Waals surface area contributed by atoms with E-state index in [0.717, 1.165) is 6.42 Å². The zero-order valence-corrected chi connectivity index (χ0v) is 16.7. The molecule has 2 aliphatic rings. The lowest BCUT2D eigenvalue weighted by Crippen LogP contribution is -2.47. The number of nitrogens with zero attached hydrogens (tertiary/aromatic N) is 2. The highest BCUT2D eigenvalue weighted by Gasteiger charge is 2.40. The Labute approximate surface area is 166 Å². The van der Waals surface area contributed by atoms with Gasteiger partial charge in [0.05, 0.1) is 13.2 Å². The monoisotopic (exact) mass is 407 g/mol. The van der Waals surface area contributed by atoms with Crippen molar-refractivity contribution in [2.45, 2.75) is 19.4 Å². The maximum absolute atomic E-state index is 14.4. The second-order valence-electron chi connectivity index (χ2n) is 7.10. The van der Waals surface area contributed by atoms with Crippen molar-refractivity contribution >= 4 is 30.7 Å². The highest BCUT2D eigenvalue weighted by Crippen LogP contribution is 2.33. The summed E-state index contributed by atoms with van der Waals surface area (Å²) in [4.78, 5) is 17.1. The van der Waals surface area contributed by atoms with Gasteiger partial charge in [0.1, 0.15) is 11.9 Å². The third-order valence-electron chi connectivity index (χ3n) is 5.21. The maximum Gasteiger partial charge on any atom is 0.244 e. The second-order valence-corrected chi connectivity index (χ2v) is 7.10. The quantitative estimate of drug-likeness (QED) is 0.831. The number of carbonyl (C=O) groups is 1. The van der Waals surface area contributed by atoms with Crippen LogP contribution >= 0.6 is 24.8 Å². The Kier molecular flexibility index (Phi) is 8.76. The van der Waals surface area contributed by atoms with Crippen molar-refractivity contribution in [2.24, 2.45) is 11.1 Å². The van der Waals surface area contributed by atoms with E-state index in [2.05, 4.69) is 6.92 Å². The molecule has 2 N–H and O–H groups in total. The highest BCUT2D eigenvalue weighted by molar-refractivity contribution is 5.85. The molecule has 0 aromatic heterocycles. The SMILES string of the molecule is CC1(CN)CCN(C(=O)C(c2ccccc2F)N2CCOCC2)C1.Cl.Cl. The second kappa shape index (κ2) is 9.85. The van der Waals surface area contributed by atoms with Crippen LogP contribution in [-0.4, -0.2) is 61.6 Å². The molecule has 2 heterocycles. The van der Waals surface area contributed by atoms with Gasteiger partial charge in [-0.3, -0.25) is 9.69 Å². The summed E-state index contributed by atoms with van der Waals surface area (Å²) >= 11 is 0. The lowest BCUT2D eigenvalue weighted by molar-refractivity contribution is -0.138. The van der Waals surface area contributed by atoms with Crippen molar-refractivity contribution in [3.8, 4) is 0 Å². The van der Waals surface area contributed by atoms with Crippen LogP contribution in [0, 0.1) is 11.2 Å². The summed E-state index contributed by atoms with van der Waals surface area (Å²) in [5, 5.41) is 0. The Morgan fingerprint density at radius 1 is 1.27 bits per heavy atom. The molecule has 2 atom stereocenters. The summed E-state index contributed by atoms with van der Waals surface area (Å²) in [5.41, 5.74) is 6.27. The lowest BCUT2D eigenvalue weighted by atomic mass is 9.90. The van der Waals surface area contributed by atoms with Gasteiger partial charge in [-0.15, -0.1) is 24.8 Å². The van der Waals surface area contributed by atoms with Crippen LogP contribution in [0.3, 0.4) is 0 Å². The van der Waals surface area contributed by atoms with Crippen molar-refractivity contribution < 1.29 is 13.9 Å². The fourth-order valence-corrected chi connectivity index (χ4v) is 3.57. The van der Waals surface area contributed by atoms with Gasteiger partial charge in [-0.1, -0.05) is 25.1 Å². The van der Waals surface area contributed by atoms with Gasteiger partial charge in [0, 0.05) is 31.7 Å². The molecule has 1 aromatic rings. The normalized spacial score (nSPS) is 24.5. The number of carbonyl (C=O) groups excluding carboxylic acids is 1. The lowest BCUT2D eigenvalue weighted by Gasteiger charge is -2.36. The van der Waals surface area contributed by atoms with Gasteiger partial charge >= 0.3 is 0 Å². The minimum atomic E-state index is -0.588. The Bertz CT molecular complexity index is 602. The number of likely N-dealkylation sites (tertiary alicyclic amines) is 1. The van der Waals surface area contributed by atoms with Crippen molar-refractivity contribution in [2.75, 3.05) is 45.9 Å². The number of halogens is 3. The molecule has 148 valence electrons. The first-order chi connectivity index (χ1) is 11.5. The van der Waals surface area contributed by atoms with E-state index in [-0.39, 0.29) is 42.0 Å². The summed E-state index contributed by atoms with van der Waals surface area (Å²) in [6.07, 6.45) is 0.891. The van der Waals surface area contributed by atoms with Crippen molar-refractivity contribution in [3.63, 3.8) is 0 Å².